The molecule has 1 amide bonds. The second kappa shape index (κ2) is 9.79. The summed E-state index contributed by atoms with van der Waals surface area (Å²) in [7, 11) is 0. The number of aryl methyl sites for hydroxylation is 1. The van der Waals surface area contributed by atoms with E-state index in [0.29, 0.717) is 16.7 Å². The summed E-state index contributed by atoms with van der Waals surface area (Å²) in [5, 5.41) is 22.2. The molecule has 11 heteroatoms. The number of aliphatic imine (C=N–C) groups is 1. The predicted molar refractivity (Wildman–Crippen MR) is 134 cm³/mol. The Morgan fingerprint density at radius 3 is 2.66 bits per heavy atom. The van der Waals surface area contributed by atoms with E-state index in [-0.39, 0.29) is 6.54 Å². The highest BCUT2D eigenvalue weighted by molar-refractivity contribution is 7.15. The van der Waals surface area contributed by atoms with E-state index in [4.69, 9.17) is 21.3 Å². The van der Waals surface area contributed by atoms with Gasteiger partial charge in [0.05, 0.1) is 12.1 Å². The van der Waals surface area contributed by atoms with Crippen LogP contribution in [0.1, 0.15) is 67.8 Å². The first kappa shape index (κ1) is 24.9. The molecule has 0 saturated carbocycles. The van der Waals surface area contributed by atoms with E-state index in [0.717, 1.165) is 33.1 Å². The highest BCUT2D eigenvalue weighted by Crippen LogP contribution is 2.36. The lowest BCUT2D eigenvalue weighted by atomic mass is 10.0. The first-order valence-electron chi connectivity index (χ1n) is 11.2. The van der Waals surface area contributed by atoms with Gasteiger partial charge >= 0.3 is 12.1 Å². The first-order valence-corrected chi connectivity index (χ1v) is 12.3. The van der Waals surface area contributed by atoms with Gasteiger partial charge in [-0.15, -0.1) is 21.5 Å². The van der Waals surface area contributed by atoms with Gasteiger partial charge in [0.25, 0.3) is 0 Å². The van der Waals surface area contributed by atoms with E-state index in [1.54, 1.807) is 36.7 Å². The molecule has 4 rings (SSSR count). The second-order valence-corrected chi connectivity index (χ2v) is 10.6. The highest BCUT2D eigenvalue weighted by Gasteiger charge is 2.32. The number of amides is 1. The summed E-state index contributed by atoms with van der Waals surface area (Å²) in [6, 6.07) is 8.59. The summed E-state index contributed by atoms with van der Waals surface area (Å²) < 4.78 is 7.16. The average Bonchev–Trinajstić information content (AvgIpc) is 3.34. The van der Waals surface area contributed by atoms with Crippen molar-refractivity contribution >= 4 is 40.7 Å². The van der Waals surface area contributed by atoms with Gasteiger partial charge in [-0.05, 0) is 39.3 Å². The molecule has 2 N–H and O–H groups in total. The second-order valence-electron chi connectivity index (χ2n) is 9.04. The van der Waals surface area contributed by atoms with Crippen molar-refractivity contribution in [2.45, 2.75) is 58.7 Å². The van der Waals surface area contributed by atoms with Gasteiger partial charge in [0, 0.05) is 21.0 Å². The van der Waals surface area contributed by atoms with Gasteiger partial charge in [0.2, 0.25) is 0 Å². The third kappa shape index (κ3) is 5.38. The normalized spacial score (nSPS) is 13.8. The number of carbonyl (C=O) groups excluding carboxylic acids is 1. The van der Waals surface area contributed by atoms with Gasteiger partial charge in [0.15, 0.2) is 11.6 Å². The van der Waals surface area contributed by atoms with Crippen molar-refractivity contribution in [1.82, 2.24) is 20.1 Å². The number of nitrogens with zero attached hydrogens (tertiary/aromatic N) is 4. The number of rotatable bonds is 6. The number of carboxylic acids is 1. The topological polar surface area (TPSA) is 119 Å². The number of carboxylic acid groups (broad SMARTS) is 1. The number of halogens is 1. The molecule has 1 aliphatic heterocycles. The minimum absolute atomic E-state index is 0.211. The summed E-state index contributed by atoms with van der Waals surface area (Å²) >= 11 is 8.06. The Balaban J connectivity index is 1.82. The third-order valence-corrected chi connectivity index (χ3v) is 6.81. The maximum absolute atomic E-state index is 12.5. The summed E-state index contributed by atoms with van der Waals surface area (Å²) in [6.07, 6.45) is -0.324. The summed E-state index contributed by atoms with van der Waals surface area (Å²) in [4.78, 5) is 30.2. The Hall–Kier alpha value is -3.24. The van der Waals surface area contributed by atoms with Crippen LogP contribution in [0.5, 0.6) is 0 Å². The lowest BCUT2D eigenvalue weighted by molar-refractivity contribution is -0.137. The fourth-order valence-electron chi connectivity index (χ4n) is 3.77. The van der Waals surface area contributed by atoms with Crippen LogP contribution in [0.3, 0.4) is 0 Å². The minimum Gasteiger partial charge on any atom is -0.481 e. The molecule has 35 heavy (non-hydrogen) atoms. The Morgan fingerprint density at radius 2 is 2.00 bits per heavy atom. The number of carbonyl (C=O) groups is 2. The van der Waals surface area contributed by atoms with E-state index in [2.05, 4.69) is 28.5 Å². The lowest BCUT2D eigenvalue weighted by Crippen LogP contribution is -2.36. The number of aromatic nitrogens is 3. The summed E-state index contributed by atoms with van der Waals surface area (Å²) in [5.74, 6) is -0.255. The minimum atomic E-state index is -1.09. The van der Waals surface area contributed by atoms with Crippen molar-refractivity contribution in [3.63, 3.8) is 0 Å². The molecule has 0 aliphatic carbocycles. The van der Waals surface area contributed by atoms with Crippen LogP contribution < -0.4 is 5.32 Å². The third-order valence-electron chi connectivity index (χ3n) is 5.21. The molecule has 184 valence electrons. The monoisotopic (exact) mass is 515 g/mol. The zero-order chi connectivity index (χ0) is 25.3. The van der Waals surface area contributed by atoms with Crippen molar-refractivity contribution in [2.24, 2.45) is 4.99 Å². The molecular weight excluding hydrogens is 490 g/mol. The first-order chi connectivity index (χ1) is 16.6. The highest BCUT2D eigenvalue weighted by atomic mass is 35.5. The molecule has 1 atom stereocenters. The quantitative estimate of drug-likeness (QED) is 0.480. The maximum Gasteiger partial charge on any atom is 0.408 e. The molecule has 9 nitrogen and oxygen atoms in total. The zero-order valence-corrected chi connectivity index (χ0v) is 21.4. The van der Waals surface area contributed by atoms with Crippen molar-refractivity contribution < 1.29 is 19.4 Å². The molecule has 0 bridgehead atoms. The Bertz CT molecular complexity index is 1310. The van der Waals surface area contributed by atoms with Crippen LogP contribution in [-0.4, -0.2) is 43.2 Å². The van der Waals surface area contributed by atoms with Gasteiger partial charge in [-0.3, -0.25) is 14.4 Å². The van der Waals surface area contributed by atoms with Gasteiger partial charge < -0.3 is 15.2 Å². The molecular formula is C24H26ClN5O4S. The van der Waals surface area contributed by atoms with Gasteiger partial charge in [-0.25, -0.2) is 4.79 Å². The van der Waals surface area contributed by atoms with E-state index in [1.165, 1.54) is 0 Å². The molecule has 1 aliphatic rings. The SMILES string of the molecule is CCc1cc2c(s1)-n1c(nnc1[C@H](CC(=O)O)NC(=O)OC(C)(C)C)CN=C2c1ccccc1Cl. The van der Waals surface area contributed by atoms with Crippen LogP contribution in [0.2, 0.25) is 5.02 Å². The van der Waals surface area contributed by atoms with E-state index < -0.39 is 30.1 Å². The van der Waals surface area contributed by atoms with Crippen LogP contribution in [-0.2, 0) is 22.5 Å². The number of benzene rings is 1. The van der Waals surface area contributed by atoms with Crippen molar-refractivity contribution in [3.05, 3.63) is 63.0 Å². The van der Waals surface area contributed by atoms with Crippen LogP contribution in [0.15, 0.2) is 35.3 Å². The number of alkyl carbamates (subject to hydrolysis) is 1. The number of thiophene rings is 1. The number of fused-ring (bicyclic) bond motifs is 3. The van der Waals surface area contributed by atoms with Gasteiger partial charge in [0.1, 0.15) is 23.2 Å². The Morgan fingerprint density at radius 1 is 1.26 bits per heavy atom. The maximum atomic E-state index is 12.5. The molecule has 2 aromatic heterocycles. The molecule has 1 aromatic carbocycles. The van der Waals surface area contributed by atoms with E-state index in [1.807, 2.05) is 24.3 Å². The predicted octanol–water partition coefficient (Wildman–Crippen LogP) is 4.94. The van der Waals surface area contributed by atoms with Crippen LogP contribution in [0.4, 0.5) is 4.79 Å². The smallest absolute Gasteiger partial charge is 0.408 e. The molecule has 3 heterocycles. The Labute approximate surface area is 211 Å². The standard InChI is InChI=1S/C24H26ClN5O4S/c1-5-13-10-15-20(14-8-6-7-9-16(14)25)26-12-18-28-29-21(30(18)22(15)35-13)17(11-19(31)32)27-23(33)34-24(2,3)4/h6-10,17H,5,11-12H2,1-4H3,(H,27,33)(H,31,32)/t17-/m0/s1. The zero-order valence-electron chi connectivity index (χ0n) is 19.8. The largest absolute Gasteiger partial charge is 0.481 e. The number of hydrogen-bond donors (Lipinski definition) is 2. The molecule has 0 radical (unpaired) electrons. The van der Waals surface area contributed by atoms with Crippen molar-refractivity contribution in [2.75, 3.05) is 0 Å². The molecule has 0 saturated heterocycles. The van der Waals surface area contributed by atoms with Gasteiger partial charge in [-0.2, -0.15) is 0 Å². The fourth-order valence-corrected chi connectivity index (χ4v) is 5.12. The molecule has 0 spiro atoms. The van der Waals surface area contributed by atoms with Crippen molar-refractivity contribution in [1.29, 1.82) is 0 Å². The number of aliphatic carboxylic acids is 1. The van der Waals surface area contributed by atoms with Crippen LogP contribution in [0.25, 0.3) is 5.00 Å². The molecule has 0 fully saturated rings. The number of ether oxygens (including phenoxy) is 1. The lowest BCUT2D eigenvalue weighted by Gasteiger charge is -2.23. The summed E-state index contributed by atoms with van der Waals surface area (Å²) in [6.45, 7) is 7.48. The number of hydrogen-bond acceptors (Lipinski definition) is 7. The summed E-state index contributed by atoms with van der Waals surface area (Å²) in [5.41, 5.74) is 1.64. The number of nitrogens with one attached hydrogen (secondary N) is 1. The van der Waals surface area contributed by atoms with E-state index >= 15 is 0 Å². The fraction of sp³-hybridized carbons (Fsp3) is 0.375. The molecule has 3 aromatic rings. The van der Waals surface area contributed by atoms with Crippen LogP contribution in [0, 0.1) is 0 Å². The van der Waals surface area contributed by atoms with Crippen molar-refractivity contribution in [3.8, 4) is 5.00 Å². The Kier molecular flexibility index (Phi) is 6.95. The van der Waals surface area contributed by atoms with Gasteiger partial charge in [-0.1, -0.05) is 36.7 Å². The molecule has 0 unspecified atom stereocenters. The van der Waals surface area contributed by atoms with Crippen LogP contribution >= 0.6 is 22.9 Å². The van der Waals surface area contributed by atoms with E-state index in [9.17, 15) is 14.7 Å². The average molecular weight is 516 g/mol.